The van der Waals surface area contributed by atoms with Crippen LogP contribution in [0.1, 0.15) is 26.7 Å². The molecule has 0 aromatic carbocycles. The van der Waals surface area contributed by atoms with Gasteiger partial charge in [-0.25, -0.2) is 0 Å². The van der Waals surface area contributed by atoms with E-state index in [1.54, 1.807) is 0 Å². The molecule has 1 aliphatic rings. The summed E-state index contributed by atoms with van der Waals surface area (Å²) in [5.41, 5.74) is 0. The molecule has 1 heterocycles. The number of rotatable bonds is 4. The zero-order valence-electron chi connectivity index (χ0n) is 9.91. The molecule has 0 saturated carbocycles. The molecule has 1 fully saturated rings. The van der Waals surface area contributed by atoms with Gasteiger partial charge in [0.2, 0.25) is 0 Å². The van der Waals surface area contributed by atoms with Gasteiger partial charge in [-0.3, -0.25) is 9.59 Å². The SMILES string of the molecule is CC(C)CNC(=O)C(=O)NC[C@H]1CCCO1. The van der Waals surface area contributed by atoms with Gasteiger partial charge in [-0.1, -0.05) is 13.8 Å². The van der Waals surface area contributed by atoms with Gasteiger partial charge in [0.25, 0.3) is 0 Å². The highest BCUT2D eigenvalue weighted by Crippen LogP contribution is 2.10. The lowest BCUT2D eigenvalue weighted by molar-refractivity contribution is -0.139. The van der Waals surface area contributed by atoms with Gasteiger partial charge < -0.3 is 15.4 Å². The van der Waals surface area contributed by atoms with Crippen LogP contribution in [0.25, 0.3) is 0 Å². The Bertz CT molecular complexity index is 248. The van der Waals surface area contributed by atoms with Crippen LogP contribution in [0.2, 0.25) is 0 Å². The summed E-state index contributed by atoms with van der Waals surface area (Å²) in [6.45, 7) is 5.65. The summed E-state index contributed by atoms with van der Waals surface area (Å²) in [5, 5.41) is 5.14. The Kier molecular flexibility index (Phi) is 5.25. The van der Waals surface area contributed by atoms with Gasteiger partial charge in [0, 0.05) is 19.7 Å². The lowest BCUT2D eigenvalue weighted by Crippen LogP contribution is -2.43. The van der Waals surface area contributed by atoms with E-state index in [2.05, 4.69) is 10.6 Å². The fourth-order valence-electron chi connectivity index (χ4n) is 1.47. The molecule has 0 aromatic heterocycles. The van der Waals surface area contributed by atoms with Crippen molar-refractivity contribution in [3.05, 3.63) is 0 Å². The topological polar surface area (TPSA) is 67.4 Å². The zero-order chi connectivity index (χ0) is 12.0. The van der Waals surface area contributed by atoms with Crippen LogP contribution in [0.4, 0.5) is 0 Å². The van der Waals surface area contributed by atoms with Crippen molar-refractivity contribution in [3.63, 3.8) is 0 Å². The molecule has 1 saturated heterocycles. The Labute approximate surface area is 95.9 Å². The minimum Gasteiger partial charge on any atom is -0.376 e. The van der Waals surface area contributed by atoms with Crippen LogP contribution in [0, 0.1) is 5.92 Å². The van der Waals surface area contributed by atoms with Crippen LogP contribution in [-0.4, -0.2) is 37.6 Å². The van der Waals surface area contributed by atoms with Crippen molar-refractivity contribution in [1.82, 2.24) is 10.6 Å². The second-order valence-electron chi connectivity index (χ2n) is 4.45. The molecule has 2 amide bonds. The van der Waals surface area contributed by atoms with Gasteiger partial charge in [0.15, 0.2) is 0 Å². The van der Waals surface area contributed by atoms with Gasteiger partial charge in [-0.15, -0.1) is 0 Å². The van der Waals surface area contributed by atoms with Gasteiger partial charge in [-0.2, -0.15) is 0 Å². The normalized spacial score (nSPS) is 19.8. The molecular formula is C11H20N2O3. The van der Waals surface area contributed by atoms with E-state index in [0.717, 1.165) is 19.4 Å². The molecule has 92 valence electrons. The summed E-state index contributed by atoms with van der Waals surface area (Å²) >= 11 is 0. The van der Waals surface area contributed by atoms with Gasteiger partial charge in [0.05, 0.1) is 6.10 Å². The smallest absolute Gasteiger partial charge is 0.309 e. The zero-order valence-corrected chi connectivity index (χ0v) is 9.91. The first-order chi connectivity index (χ1) is 7.59. The van der Waals surface area contributed by atoms with E-state index in [1.807, 2.05) is 13.8 Å². The molecule has 1 atom stereocenters. The lowest BCUT2D eigenvalue weighted by atomic mass is 10.2. The standard InChI is InChI=1S/C11H20N2O3/c1-8(2)6-12-10(14)11(15)13-7-9-4-3-5-16-9/h8-9H,3-7H2,1-2H3,(H,12,14)(H,13,15)/t9-/m1/s1. The third-order valence-corrected chi connectivity index (χ3v) is 2.39. The van der Waals surface area contributed by atoms with E-state index >= 15 is 0 Å². The number of amides is 2. The van der Waals surface area contributed by atoms with Crippen LogP contribution in [0.15, 0.2) is 0 Å². The Morgan fingerprint density at radius 2 is 2.00 bits per heavy atom. The third-order valence-electron chi connectivity index (χ3n) is 2.39. The highest BCUT2D eigenvalue weighted by molar-refractivity contribution is 6.35. The summed E-state index contributed by atoms with van der Waals surface area (Å²) in [6, 6.07) is 0. The Balaban J connectivity index is 2.15. The molecule has 0 unspecified atom stereocenters. The molecule has 0 aliphatic carbocycles. The second-order valence-corrected chi connectivity index (χ2v) is 4.45. The second kappa shape index (κ2) is 6.48. The maximum atomic E-state index is 11.3. The molecule has 0 aromatic rings. The van der Waals surface area contributed by atoms with Crippen molar-refractivity contribution in [2.75, 3.05) is 19.7 Å². The van der Waals surface area contributed by atoms with E-state index in [0.29, 0.717) is 19.0 Å². The maximum Gasteiger partial charge on any atom is 0.309 e. The van der Waals surface area contributed by atoms with Crippen LogP contribution in [0.5, 0.6) is 0 Å². The number of hydrogen-bond donors (Lipinski definition) is 2. The highest BCUT2D eigenvalue weighted by Gasteiger charge is 2.18. The molecule has 16 heavy (non-hydrogen) atoms. The van der Waals surface area contributed by atoms with Gasteiger partial charge in [0.1, 0.15) is 0 Å². The number of carbonyl (C=O) groups excluding carboxylic acids is 2. The molecule has 2 N–H and O–H groups in total. The number of ether oxygens (including phenoxy) is 1. The molecule has 1 rings (SSSR count). The molecule has 0 bridgehead atoms. The fraction of sp³-hybridized carbons (Fsp3) is 0.818. The van der Waals surface area contributed by atoms with Crippen molar-refractivity contribution < 1.29 is 14.3 Å². The van der Waals surface area contributed by atoms with Crippen molar-refractivity contribution in [1.29, 1.82) is 0 Å². The highest BCUT2D eigenvalue weighted by atomic mass is 16.5. The largest absolute Gasteiger partial charge is 0.376 e. The predicted octanol–water partition coefficient (Wildman–Crippen LogP) is 0.0538. The Morgan fingerprint density at radius 1 is 1.31 bits per heavy atom. The van der Waals surface area contributed by atoms with Crippen LogP contribution < -0.4 is 10.6 Å². The maximum absolute atomic E-state index is 11.3. The van der Waals surface area contributed by atoms with Crippen LogP contribution >= 0.6 is 0 Å². The Morgan fingerprint density at radius 3 is 2.56 bits per heavy atom. The summed E-state index contributed by atoms with van der Waals surface area (Å²) in [4.78, 5) is 22.6. The number of hydrogen-bond acceptors (Lipinski definition) is 3. The molecule has 0 spiro atoms. The third kappa shape index (κ3) is 4.61. The van der Waals surface area contributed by atoms with E-state index in [1.165, 1.54) is 0 Å². The molecule has 0 radical (unpaired) electrons. The summed E-state index contributed by atoms with van der Waals surface area (Å²) in [7, 11) is 0. The molecular weight excluding hydrogens is 208 g/mol. The lowest BCUT2D eigenvalue weighted by Gasteiger charge is -2.11. The molecule has 1 aliphatic heterocycles. The summed E-state index contributed by atoms with van der Waals surface area (Å²) in [6.07, 6.45) is 2.05. The van der Waals surface area contributed by atoms with Crippen molar-refractivity contribution in [2.45, 2.75) is 32.8 Å². The van der Waals surface area contributed by atoms with Crippen LogP contribution in [0.3, 0.4) is 0 Å². The average Bonchev–Trinajstić information content (AvgIpc) is 2.75. The first kappa shape index (κ1) is 13.0. The quantitative estimate of drug-likeness (QED) is 0.668. The predicted molar refractivity (Wildman–Crippen MR) is 59.8 cm³/mol. The minimum absolute atomic E-state index is 0.0712. The average molecular weight is 228 g/mol. The van der Waals surface area contributed by atoms with Crippen molar-refractivity contribution in [2.24, 2.45) is 5.92 Å². The van der Waals surface area contributed by atoms with E-state index < -0.39 is 11.8 Å². The fourth-order valence-corrected chi connectivity index (χ4v) is 1.47. The van der Waals surface area contributed by atoms with Gasteiger partial charge >= 0.3 is 11.8 Å². The number of carbonyl (C=O) groups is 2. The summed E-state index contributed by atoms with van der Waals surface area (Å²) in [5.74, 6) is -0.794. The first-order valence-corrected chi connectivity index (χ1v) is 5.77. The first-order valence-electron chi connectivity index (χ1n) is 5.77. The van der Waals surface area contributed by atoms with E-state index in [4.69, 9.17) is 4.74 Å². The van der Waals surface area contributed by atoms with Gasteiger partial charge in [-0.05, 0) is 18.8 Å². The molecule has 5 heteroatoms. The number of nitrogens with one attached hydrogen (secondary N) is 2. The van der Waals surface area contributed by atoms with Crippen molar-refractivity contribution in [3.8, 4) is 0 Å². The van der Waals surface area contributed by atoms with Crippen LogP contribution in [-0.2, 0) is 14.3 Å². The van der Waals surface area contributed by atoms with E-state index in [-0.39, 0.29) is 6.10 Å². The Hall–Kier alpha value is -1.10. The monoisotopic (exact) mass is 228 g/mol. The summed E-state index contributed by atoms with van der Waals surface area (Å²) < 4.78 is 5.33. The minimum atomic E-state index is -0.573. The molecule has 5 nitrogen and oxygen atoms in total. The van der Waals surface area contributed by atoms with Crippen molar-refractivity contribution >= 4 is 11.8 Å². The van der Waals surface area contributed by atoms with E-state index in [9.17, 15) is 9.59 Å².